The summed E-state index contributed by atoms with van der Waals surface area (Å²) in [6.45, 7) is 1.27. The van der Waals surface area contributed by atoms with E-state index in [1.54, 1.807) is 6.20 Å². The minimum Gasteiger partial charge on any atom is -0.352 e. The van der Waals surface area contributed by atoms with Crippen LogP contribution in [0, 0.1) is 0 Å². The van der Waals surface area contributed by atoms with Gasteiger partial charge in [-0.05, 0) is 48.2 Å². The standard InChI is InChI=1S/C23H24N4O2/c28-22(13-10-19-16-25-27(17-19)21-5-2-1-3-6-21)24-15-18-8-11-20(12-9-18)26-14-4-7-23(26)29/h1-3,5-6,8-9,11-12,16-17H,4,7,10,13-15H2,(H,24,28). The Hall–Kier alpha value is -3.41. The van der Waals surface area contributed by atoms with E-state index in [9.17, 15) is 9.59 Å². The first-order valence-corrected chi connectivity index (χ1v) is 9.94. The molecule has 0 aliphatic carbocycles. The predicted molar refractivity (Wildman–Crippen MR) is 112 cm³/mol. The number of benzene rings is 2. The Kier molecular flexibility index (Phi) is 5.70. The van der Waals surface area contributed by atoms with Crippen molar-refractivity contribution in [3.8, 4) is 5.69 Å². The average molecular weight is 388 g/mol. The summed E-state index contributed by atoms with van der Waals surface area (Å²) in [5, 5.41) is 7.32. The number of nitrogens with zero attached hydrogens (tertiary/aromatic N) is 3. The third-order valence-corrected chi connectivity index (χ3v) is 5.11. The van der Waals surface area contributed by atoms with E-state index in [1.807, 2.05) is 70.4 Å². The van der Waals surface area contributed by atoms with Gasteiger partial charge in [0, 0.05) is 37.8 Å². The monoisotopic (exact) mass is 388 g/mol. The van der Waals surface area contributed by atoms with Crippen molar-refractivity contribution in [3.63, 3.8) is 0 Å². The lowest BCUT2D eigenvalue weighted by atomic mass is 10.1. The number of amides is 2. The van der Waals surface area contributed by atoms with Crippen molar-refractivity contribution in [2.75, 3.05) is 11.4 Å². The van der Waals surface area contributed by atoms with Crippen LogP contribution in [0.5, 0.6) is 0 Å². The van der Waals surface area contributed by atoms with Crippen LogP contribution in [0.2, 0.25) is 0 Å². The normalized spacial score (nSPS) is 13.7. The molecule has 2 heterocycles. The molecule has 0 atom stereocenters. The molecule has 0 spiro atoms. The summed E-state index contributed by atoms with van der Waals surface area (Å²) in [5.41, 5.74) is 3.98. The maximum absolute atomic E-state index is 12.2. The van der Waals surface area contributed by atoms with Gasteiger partial charge in [0.1, 0.15) is 0 Å². The third kappa shape index (κ3) is 4.71. The molecule has 1 aliphatic heterocycles. The second-order valence-electron chi connectivity index (χ2n) is 7.22. The largest absolute Gasteiger partial charge is 0.352 e. The zero-order chi connectivity index (χ0) is 20.1. The number of aryl methyl sites for hydroxylation is 1. The first-order chi connectivity index (χ1) is 14.2. The highest BCUT2D eigenvalue weighted by atomic mass is 16.2. The van der Waals surface area contributed by atoms with E-state index in [0.717, 1.165) is 35.5 Å². The summed E-state index contributed by atoms with van der Waals surface area (Å²) >= 11 is 0. The number of hydrogen-bond acceptors (Lipinski definition) is 3. The van der Waals surface area contributed by atoms with Crippen molar-refractivity contribution < 1.29 is 9.59 Å². The number of carbonyl (C=O) groups excluding carboxylic acids is 2. The smallest absolute Gasteiger partial charge is 0.227 e. The van der Waals surface area contributed by atoms with E-state index >= 15 is 0 Å². The lowest BCUT2D eigenvalue weighted by Crippen LogP contribution is -2.24. The van der Waals surface area contributed by atoms with Gasteiger partial charge >= 0.3 is 0 Å². The van der Waals surface area contributed by atoms with Crippen molar-refractivity contribution in [1.82, 2.24) is 15.1 Å². The summed E-state index contributed by atoms with van der Waals surface area (Å²) < 4.78 is 1.82. The Morgan fingerprint density at radius 3 is 2.52 bits per heavy atom. The van der Waals surface area contributed by atoms with Crippen LogP contribution in [-0.2, 0) is 22.6 Å². The molecule has 0 unspecified atom stereocenters. The van der Waals surface area contributed by atoms with Gasteiger partial charge in [0.15, 0.2) is 0 Å². The van der Waals surface area contributed by atoms with Crippen LogP contribution in [0.4, 0.5) is 5.69 Å². The van der Waals surface area contributed by atoms with Crippen LogP contribution in [-0.4, -0.2) is 28.1 Å². The van der Waals surface area contributed by atoms with Gasteiger partial charge in [0.2, 0.25) is 11.8 Å². The predicted octanol–water partition coefficient (Wildman–Crippen LogP) is 3.25. The zero-order valence-corrected chi connectivity index (χ0v) is 16.3. The first kappa shape index (κ1) is 18.9. The third-order valence-electron chi connectivity index (χ3n) is 5.11. The van der Waals surface area contributed by atoms with Crippen molar-refractivity contribution in [2.45, 2.75) is 32.2 Å². The van der Waals surface area contributed by atoms with E-state index in [-0.39, 0.29) is 11.8 Å². The summed E-state index contributed by atoms with van der Waals surface area (Å²) in [6, 6.07) is 17.7. The lowest BCUT2D eigenvalue weighted by Gasteiger charge is -2.16. The highest BCUT2D eigenvalue weighted by molar-refractivity contribution is 5.95. The molecule has 2 amide bonds. The topological polar surface area (TPSA) is 67.2 Å². The molecular weight excluding hydrogens is 364 g/mol. The Morgan fingerprint density at radius 2 is 1.79 bits per heavy atom. The molecule has 4 rings (SSSR count). The van der Waals surface area contributed by atoms with Crippen LogP contribution in [0.15, 0.2) is 67.0 Å². The second kappa shape index (κ2) is 8.73. The molecular formula is C23H24N4O2. The Balaban J connectivity index is 1.24. The first-order valence-electron chi connectivity index (χ1n) is 9.94. The van der Waals surface area contributed by atoms with Crippen molar-refractivity contribution in [3.05, 3.63) is 78.1 Å². The van der Waals surface area contributed by atoms with Crippen LogP contribution in [0.1, 0.15) is 30.4 Å². The Bertz CT molecular complexity index is 980. The zero-order valence-electron chi connectivity index (χ0n) is 16.3. The minimum atomic E-state index is 0.0104. The summed E-state index contributed by atoms with van der Waals surface area (Å²) in [5.74, 6) is 0.192. The molecule has 1 aromatic heterocycles. The molecule has 6 nitrogen and oxygen atoms in total. The second-order valence-corrected chi connectivity index (χ2v) is 7.22. The molecule has 1 N–H and O–H groups in total. The van der Waals surface area contributed by atoms with E-state index in [0.29, 0.717) is 25.8 Å². The van der Waals surface area contributed by atoms with Gasteiger partial charge < -0.3 is 10.2 Å². The van der Waals surface area contributed by atoms with Gasteiger partial charge in [-0.1, -0.05) is 30.3 Å². The van der Waals surface area contributed by atoms with Gasteiger partial charge in [-0.15, -0.1) is 0 Å². The quantitative estimate of drug-likeness (QED) is 0.676. The minimum absolute atomic E-state index is 0.0104. The molecule has 29 heavy (non-hydrogen) atoms. The molecule has 6 heteroatoms. The molecule has 1 aliphatic rings. The van der Waals surface area contributed by atoms with E-state index in [2.05, 4.69) is 10.4 Å². The molecule has 1 saturated heterocycles. The Labute approximate surface area is 170 Å². The number of anilines is 1. The number of hydrogen-bond donors (Lipinski definition) is 1. The molecule has 0 bridgehead atoms. The van der Waals surface area contributed by atoms with Gasteiger partial charge in [-0.3, -0.25) is 9.59 Å². The van der Waals surface area contributed by atoms with Gasteiger partial charge in [0.05, 0.1) is 11.9 Å². The van der Waals surface area contributed by atoms with Crippen LogP contribution in [0.3, 0.4) is 0 Å². The number of carbonyl (C=O) groups is 2. The molecule has 0 saturated carbocycles. The summed E-state index contributed by atoms with van der Waals surface area (Å²) in [6.07, 6.45) is 6.37. The van der Waals surface area contributed by atoms with E-state index in [1.165, 1.54) is 0 Å². The maximum atomic E-state index is 12.2. The average Bonchev–Trinajstić information content (AvgIpc) is 3.41. The number of aromatic nitrogens is 2. The number of rotatable bonds is 7. The van der Waals surface area contributed by atoms with Gasteiger partial charge in [-0.25, -0.2) is 4.68 Å². The highest BCUT2D eigenvalue weighted by Crippen LogP contribution is 2.21. The van der Waals surface area contributed by atoms with Crippen LogP contribution < -0.4 is 10.2 Å². The lowest BCUT2D eigenvalue weighted by molar-refractivity contribution is -0.121. The van der Waals surface area contributed by atoms with E-state index in [4.69, 9.17) is 0 Å². The summed E-state index contributed by atoms with van der Waals surface area (Å²) in [4.78, 5) is 25.8. The maximum Gasteiger partial charge on any atom is 0.227 e. The van der Waals surface area contributed by atoms with Crippen LogP contribution >= 0.6 is 0 Å². The number of para-hydroxylation sites is 1. The SMILES string of the molecule is O=C(CCc1cnn(-c2ccccc2)c1)NCc1ccc(N2CCCC2=O)cc1. The molecule has 2 aromatic carbocycles. The fraction of sp³-hybridized carbons (Fsp3) is 0.261. The molecule has 0 radical (unpaired) electrons. The van der Waals surface area contributed by atoms with Crippen molar-refractivity contribution in [1.29, 1.82) is 0 Å². The Morgan fingerprint density at radius 1 is 1.00 bits per heavy atom. The van der Waals surface area contributed by atoms with Crippen molar-refractivity contribution in [2.24, 2.45) is 0 Å². The molecule has 148 valence electrons. The van der Waals surface area contributed by atoms with Crippen LogP contribution in [0.25, 0.3) is 5.69 Å². The van der Waals surface area contributed by atoms with Gasteiger partial charge in [-0.2, -0.15) is 5.10 Å². The molecule has 3 aromatic rings. The van der Waals surface area contributed by atoms with E-state index < -0.39 is 0 Å². The summed E-state index contributed by atoms with van der Waals surface area (Å²) in [7, 11) is 0. The highest BCUT2D eigenvalue weighted by Gasteiger charge is 2.21. The fourth-order valence-corrected chi connectivity index (χ4v) is 3.47. The van der Waals surface area contributed by atoms with Gasteiger partial charge in [0.25, 0.3) is 0 Å². The fourth-order valence-electron chi connectivity index (χ4n) is 3.47. The number of nitrogens with one attached hydrogen (secondary N) is 1. The molecule has 1 fully saturated rings. The van der Waals surface area contributed by atoms with Crippen molar-refractivity contribution >= 4 is 17.5 Å².